The largest absolute Gasteiger partial charge is 0.384 e. The molecule has 0 bridgehead atoms. The Labute approximate surface area is 120 Å². The second-order valence-electron chi connectivity index (χ2n) is 4.62. The zero-order chi connectivity index (χ0) is 15.6. The number of nitrogens with one attached hydrogen (secondary N) is 1. The van der Waals surface area contributed by atoms with Crippen LogP contribution in [-0.2, 0) is 13.6 Å². The normalized spacial score (nSPS) is 10.4. The molecule has 8 nitrogen and oxygen atoms in total. The van der Waals surface area contributed by atoms with E-state index in [1.165, 1.54) is 22.9 Å². The van der Waals surface area contributed by atoms with Crippen molar-refractivity contribution in [2.45, 2.75) is 13.5 Å². The van der Waals surface area contributed by atoms with Crippen molar-refractivity contribution in [3.05, 3.63) is 51.2 Å². The number of hydrogen-bond acceptors (Lipinski definition) is 5. The van der Waals surface area contributed by atoms with Gasteiger partial charge >= 0.3 is 0 Å². The number of nitro groups is 1. The summed E-state index contributed by atoms with van der Waals surface area (Å²) in [6.45, 7) is 1.90. The second kappa shape index (κ2) is 5.61. The molecule has 0 radical (unpaired) electrons. The minimum atomic E-state index is -0.495. The van der Waals surface area contributed by atoms with Crippen molar-refractivity contribution in [1.82, 2.24) is 15.1 Å². The molecule has 0 saturated heterocycles. The summed E-state index contributed by atoms with van der Waals surface area (Å²) >= 11 is 0. The molecule has 0 atom stereocenters. The summed E-state index contributed by atoms with van der Waals surface area (Å²) in [4.78, 5) is 22.3. The van der Waals surface area contributed by atoms with E-state index >= 15 is 0 Å². The Hall–Kier alpha value is -2.90. The second-order valence-corrected chi connectivity index (χ2v) is 4.62. The van der Waals surface area contributed by atoms with Gasteiger partial charge in [-0.1, -0.05) is 0 Å². The van der Waals surface area contributed by atoms with Gasteiger partial charge in [0.15, 0.2) is 0 Å². The number of carbonyl (C=O) groups is 1. The molecule has 1 amide bonds. The first-order valence-electron chi connectivity index (χ1n) is 6.19. The smallest absolute Gasteiger partial charge is 0.269 e. The Morgan fingerprint density at radius 2 is 2.24 bits per heavy atom. The Kier molecular flexibility index (Phi) is 3.88. The first kappa shape index (κ1) is 14.5. The number of aryl methyl sites for hydroxylation is 2. The van der Waals surface area contributed by atoms with Gasteiger partial charge in [-0.2, -0.15) is 5.10 Å². The predicted molar refractivity (Wildman–Crippen MR) is 76.6 cm³/mol. The Morgan fingerprint density at radius 3 is 2.76 bits per heavy atom. The van der Waals surface area contributed by atoms with Gasteiger partial charge in [0.25, 0.3) is 11.6 Å². The fourth-order valence-electron chi connectivity index (χ4n) is 1.92. The Morgan fingerprint density at radius 1 is 1.52 bits per heavy atom. The van der Waals surface area contributed by atoms with Crippen LogP contribution in [0.15, 0.2) is 24.4 Å². The quantitative estimate of drug-likeness (QED) is 0.647. The van der Waals surface area contributed by atoms with E-state index in [0.29, 0.717) is 22.5 Å². The maximum atomic E-state index is 12.1. The number of benzene rings is 1. The molecule has 0 spiro atoms. The van der Waals surface area contributed by atoms with Gasteiger partial charge in [-0.15, -0.1) is 0 Å². The molecule has 110 valence electrons. The van der Waals surface area contributed by atoms with Crippen molar-refractivity contribution in [1.29, 1.82) is 0 Å². The van der Waals surface area contributed by atoms with Crippen LogP contribution in [-0.4, -0.2) is 20.6 Å². The minimum Gasteiger partial charge on any atom is -0.384 e. The van der Waals surface area contributed by atoms with Crippen molar-refractivity contribution in [2.75, 3.05) is 5.73 Å². The number of aromatic nitrogens is 2. The molecule has 0 aliphatic heterocycles. The number of carbonyl (C=O) groups excluding carboxylic acids is 1. The molecule has 8 heteroatoms. The van der Waals surface area contributed by atoms with Crippen LogP contribution in [0.3, 0.4) is 0 Å². The molecule has 3 N–H and O–H groups in total. The van der Waals surface area contributed by atoms with Gasteiger partial charge in [0.2, 0.25) is 0 Å². The third-order valence-electron chi connectivity index (χ3n) is 3.17. The lowest BCUT2D eigenvalue weighted by Gasteiger charge is -2.07. The number of nitrogen functional groups attached to an aromatic ring is 1. The maximum Gasteiger partial charge on any atom is 0.269 e. The van der Waals surface area contributed by atoms with Crippen molar-refractivity contribution < 1.29 is 9.72 Å². The van der Waals surface area contributed by atoms with E-state index in [-0.39, 0.29) is 18.1 Å². The van der Waals surface area contributed by atoms with Crippen molar-refractivity contribution in [2.24, 2.45) is 7.05 Å². The number of anilines is 1. The lowest BCUT2D eigenvalue weighted by atomic mass is 10.1. The molecule has 0 saturated carbocycles. The van der Waals surface area contributed by atoms with Gasteiger partial charge in [0.05, 0.1) is 11.1 Å². The number of hydrogen-bond donors (Lipinski definition) is 2. The highest BCUT2D eigenvalue weighted by Crippen LogP contribution is 2.17. The van der Waals surface area contributed by atoms with Crippen molar-refractivity contribution in [3.63, 3.8) is 0 Å². The van der Waals surface area contributed by atoms with Crippen LogP contribution in [0.25, 0.3) is 0 Å². The maximum absolute atomic E-state index is 12.1. The molecule has 2 aromatic rings. The molecule has 0 aliphatic carbocycles. The predicted octanol–water partition coefficient (Wildman–Crippen LogP) is 1.15. The highest BCUT2D eigenvalue weighted by Gasteiger charge is 2.14. The van der Waals surface area contributed by atoms with Crippen LogP contribution in [0.4, 0.5) is 11.5 Å². The SMILES string of the molecule is Cc1cc([N+](=O)[O-])ccc1C(=O)NCc1cnn(C)c1N. The van der Waals surface area contributed by atoms with Crippen LogP contribution in [0.1, 0.15) is 21.5 Å². The number of amides is 1. The summed E-state index contributed by atoms with van der Waals surface area (Å²) in [5, 5.41) is 17.4. The third-order valence-corrected chi connectivity index (χ3v) is 3.17. The van der Waals surface area contributed by atoms with Crippen LogP contribution < -0.4 is 11.1 Å². The summed E-state index contributed by atoms with van der Waals surface area (Å²) in [7, 11) is 1.71. The van der Waals surface area contributed by atoms with Gasteiger partial charge in [0, 0.05) is 36.9 Å². The monoisotopic (exact) mass is 289 g/mol. The summed E-state index contributed by atoms with van der Waals surface area (Å²) in [5.41, 5.74) is 7.39. The van der Waals surface area contributed by atoms with E-state index < -0.39 is 4.92 Å². The van der Waals surface area contributed by atoms with Gasteiger partial charge in [-0.05, 0) is 18.6 Å². The van der Waals surface area contributed by atoms with E-state index in [1.807, 2.05) is 0 Å². The van der Waals surface area contributed by atoms with E-state index in [0.717, 1.165) is 0 Å². The molecule has 21 heavy (non-hydrogen) atoms. The van der Waals surface area contributed by atoms with Gasteiger partial charge in [-0.3, -0.25) is 19.6 Å². The molecular formula is C13H15N5O3. The standard InChI is InChI=1S/C13H15N5O3/c1-8-5-10(18(20)21)3-4-11(8)13(19)15-6-9-7-16-17(2)12(9)14/h3-5,7H,6,14H2,1-2H3,(H,15,19). The molecule has 2 rings (SSSR count). The molecule has 0 aliphatic rings. The number of nitro benzene ring substituents is 1. The molecule has 1 aromatic heterocycles. The van der Waals surface area contributed by atoms with Crippen LogP contribution >= 0.6 is 0 Å². The van der Waals surface area contributed by atoms with Crippen LogP contribution in [0.2, 0.25) is 0 Å². The first-order chi connectivity index (χ1) is 9.90. The zero-order valence-electron chi connectivity index (χ0n) is 11.7. The van der Waals surface area contributed by atoms with E-state index in [2.05, 4.69) is 10.4 Å². The number of nitrogens with zero attached hydrogens (tertiary/aromatic N) is 3. The average Bonchev–Trinajstić information content (AvgIpc) is 2.76. The summed E-state index contributed by atoms with van der Waals surface area (Å²) in [6.07, 6.45) is 1.58. The molecule has 1 heterocycles. The lowest BCUT2D eigenvalue weighted by molar-refractivity contribution is -0.384. The van der Waals surface area contributed by atoms with E-state index in [9.17, 15) is 14.9 Å². The van der Waals surface area contributed by atoms with Gasteiger partial charge in [-0.25, -0.2) is 0 Å². The molecule has 0 fully saturated rings. The van der Waals surface area contributed by atoms with Crippen molar-refractivity contribution in [3.8, 4) is 0 Å². The first-order valence-corrected chi connectivity index (χ1v) is 6.19. The lowest BCUT2D eigenvalue weighted by Crippen LogP contribution is -2.24. The molecule has 1 aromatic carbocycles. The van der Waals surface area contributed by atoms with Crippen LogP contribution in [0.5, 0.6) is 0 Å². The Bertz CT molecular complexity index is 708. The summed E-state index contributed by atoms with van der Waals surface area (Å²) in [5.74, 6) is 0.168. The van der Waals surface area contributed by atoms with Gasteiger partial charge in [0.1, 0.15) is 5.82 Å². The molecule has 0 unspecified atom stereocenters. The zero-order valence-corrected chi connectivity index (χ0v) is 11.7. The topological polar surface area (TPSA) is 116 Å². The third kappa shape index (κ3) is 2.99. The molecular weight excluding hydrogens is 274 g/mol. The number of rotatable bonds is 4. The fourth-order valence-corrected chi connectivity index (χ4v) is 1.92. The van der Waals surface area contributed by atoms with Crippen LogP contribution in [0, 0.1) is 17.0 Å². The minimum absolute atomic E-state index is 0.0412. The number of non-ortho nitro benzene ring substituents is 1. The fraction of sp³-hybridized carbons (Fsp3) is 0.231. The van der Waals surface area contributed by atoms with Crippen molar-refractivity contribution >= 4 is 17.4 Å². The number of nitrogens with two attached hydrogens (primary N) is 1. The van der Waals surface area contributed by atoms with E-state index in [4.69, 9.17) is 5.73 Å². The highest BCUT2D eigenvalue weighted by molar-refractivity contribution is 5.95. The summed E-state index contributed by atoms with van der Waals surface area (Å²) < 4.78 is 1.51. The van der Waals surface area contributed by atoms with Gasteiger partial charge < -0.3 is 11.1 Å². The average molecular weight is 289 g/mol. The Balaban J connectivity index is 2.10. The van der Waals surface area contributed by atoms with E-state index in [1.54, 1.807) is 20.2 Å². The summed E-state index contributed by atoms with van der Waals surface area (Å²) in [6, 6.07) is 4.11. The highest BCUT2D eigenvalue weighted by atomic mass is 16.6.